The van der Waals surface area contributed by atoms with Gasteiger partial charge in [0.25, 0.3) is 0 Å². The van der Waals surface area contributed by atoms with Crippen molar-refractivity contribution < 1.29 is 9.16 Å². The molecule has 14 heavy (non-hydrogen) atoms. The number of hydrogen-bond donors (Lipinski definition) is 0. The van der Waals surface area contributed by atoms with Crippen LogP contribution in [0.2, 0.25) is 18.1 Å². The lowest BCUT2D eigenvalue weighted by Crippen LogP contribution is -2.44. The molecule has 0 aromatic carbocycles. The van der Waals surface area contributed by atoms with Gasteiger partial charge in [-0.15, -0.1) is 0 Å². The fourth-order valence-corrected chi connectivity index (χ4v) is 2.62. The zero-order valence-electron chi connectivity index (χ0n) is 9.83. The maximum absolute atomic E-state index is 11.0. The van der Waals surface area contributed by atoms with Crippen LogP contribution in [0.3, 0.4) is 0 Å². The fourth-order valence-electron chi connectivity index (χ4n) is 1.26. The van der Waals surface area contributed by atoms with E-state index in [1.165, 1.54) is 0 Å². The number of hydroxylamine groups is 1. The molecule has 0 aromatic rings. The highest BCUT2D eigenvalue weighted by molar-refractivity contribution is 6.74. The lowest BCUT2D eigenvalue weighted by atomic mass is 10.2. The number of hydrogen-bond acceptors (Lipinski definition) is 2. The summed E-state index contributed by atoms with van der Waals surface area (Å²) < 4.78 is 7.08. The fraction of sp³-hybridized carbons (Fsp3) is 0.900. The molecule has 0 aromatic heterocycles. The van der Waals surface area contributed by atoms with Crippen LogP contribution in [0.5, 0.6) is 0 Å². The van der Waals surface area contributed by atoms with E-state index in [9.17, 15) is 5.21 Å². The molecular formula is C10H21NO2Si. The molecule has 1 aliphatic rings. The zero-order chi connectivity index (χ0) is 11.0. The summed E-state index contributed by atoms with van der Waals surface area (Å²) >= 11 is 0. The van der Waals surface area contributed by atoms with Gasteiger partial charge in [0.2, 0.25) is 0 Å². The lowest BCUT2D eigenvalue weighted by Gasteiger charge is -2.37. The molecule has 0 saturated heterocycles. The summed E-state index contributed by atoms with van der Waals surface area (Å²) in [5, 5.41) is 11.2. The van der Waals surface area contributed by atoms with Crippen LogP contribution in [0.4, 0.5) is 0 Å². The highest BCUT2D eigenvalue weighted by Gasteiger charge is 2.40. The first-order valence-corrected chi connectivity index (χ1v) is 8.08. The molecule has 1 atom stereocenters. The third-order valence-corrected chi connectivity index (χ3v) is 7.76. The van der Waals surface area contributed by atoms with E-state index in [1.807, 2.05) is 0 Å². The van der Waals surface area contributed by atoms with Crippen molar-refractivity contribution in [1.29, 1.82) is 0 Å². The highest BCUT2D eigenvalue weighted by atomic mass is 28.4. The van der Waals surface area contributed by atoms with Crippen LogP contribution in [0, 0.1) is 5.21 Å². The van der Waals surface area contributed by atoms with Crippen molar-refractivity contribution in [3.63, 3.8) is 0 Å². The summed E-state index contributed by atoms with van der Waals surface area (Å²) in [4.78, 5) is 0. The summed E-state index contributed by atoms with van der Waals surface area (Å²) in [7, 11) is -1.69. The summed E-state index contributed by atoms with van der Waals surface area (Å²) in [5.74, 6) is 0. The molecule has 0 saturated carbocycles. The normalized spacial score (nSPS) is 23.8. The third-order valence-electron chi connectivity index (χ3n) is 3.22. The molecule has 1 aliphatic heterocycles. The minimum absolute atomic E-state index is 0.119. The molecular weight excluding hydrogens is 194 g/mol. The van der Waals surface area contributed by atoms with E-state index in [0.717, 1.165) is 11.2 Å². The predicted molar refractivity (Wildman–Crippen MR) is 61.2 cm³/mol. The monoisotopic (exact) mass is 215 g/mol. The smallest absolute Gasteiger partial charge is 0.192 e. The van der Waals surface area contributed by atoms with E-state index in [0.29, 0.717) is 6.54 Å². The van der Waals surface area contributed by atoms with Gasteiger partial charge in [0, 0.05) is 0 Å². The van der Waals surface area contributed by atoms with Crippen LogP contribution >= 0.6 is 0 Å². The van der Waals surface area contributed by atoms with Crippen LogP contribution in [0.25, 0.3) is 0 Å². The maximum Gasteiger partial charge on any atom is 0.192 e. The first-order chi connectivity index (χ1) is 6.22. The van der Waals surface area contributed by atoms with Gasteiger partial charge in [-0.3, -0.25) is 0 Å². The number of nitrogens with zero attached hydrogens (tertiary/aromatic N) is 1. The topological polar surface area (TPSA) is 35.3 Å². The molecule has 4 heteroatoms. The van der Waals surface area contributed by atoms with E-state index >= 15 is 0 Å². The number of rotatable bonds is 2. The Balaban J connectivity index is 2.53. The second-order valence-electron chi connectivity index (χ2n) is 5.52. The average Bonchev–Trinajstić information content (AvgIpc) is 2.31. The summed E-state index contributed by atoms with van der Waals surface area (Å²) in [6, 6.07) is 0. The lowest BCUT2D eigenvalue weighted by molar-refractivity contribution is -0.451. The summed E-state index contributed by atoms with van der Waals surface area (Å²) in [6.45, 7) is 11.6. The van der Waals surface area contributed by atoms with Gasteiger partial charge in [-0.1, -0.05) is 20.8 Å². The van der Waals surface area contributed by atoms with Gasteiger partial charge in [0.1, 0.15) is 6.10 Å². The van der Waals surface area contributed by atoms with Crippen LogP contribution in [0.15, 0.2) is 0 Å². The van der Waals surface area contributed by atoms with Crippen molar-refractivity contribution in [3.8, 4) is 0 Å². The molecule has 0 bridgehead atoms. The van der Waals surface area contributed by atoms with Crippen LogP contribution in [-0.4, -0.2) is 31.9 Å². The van der Waals surface area contributed by atoms with Crippen LogP contribution in [-0.2, 0) is 4.43 Å². The SMILES string of the molecule is CC(C)(C)[Si](C)(C)O[C@H]1CC=[N+]([O-])C1. The first kappa shape index (κ1) is 11.7. The molecule has 0 aliphatic carbocycles. The molecule has 0 fully saturated rings. The van der Waals surface area contributed by atoms with Crippen LogP contribution in [0.1, 0.15) is 27.2 Å². The Morgan fingerprint density at radius 1 is 1.43 bits per heavy atom. The van der Waals surface area contributed by atoms with Crippen molar-refractivity contribution in [2.75, 3.05) is 6.54 Å². The third kappa shape index (κ3) is 2.57. The second kappa shape index (κ2) is 3.66. The molecule has 0 radical (unpaired) electrons. The second-order valence-corrected chi connectivity index (χ2v) is 10.3. The van der Waals surface area contributed by atoms with Gasteiger partial charge in [0.15, 0.2) is 21.1 Å². The Labute approximate surface area is 87.5 Å². The predicted octanol–water partition coefficient (Wildman–Crippen LogP) is 2.36. The van der Waals surface area contributed by atoms with Crippen molar-refractivity contribution in [1.82, 2.24) is 0 Å². The molecule has 0 spiro atoms. The van der Waals surface area contributed by atoms with Gasteiger partial charge in [-0.25, -0.2) is 4.74 Å². The Morgan fingerprint density at radius 3 is 2.36 bits per heavy atom. The summed E-state index contributed by atoms with van der Waals surface area (Å²) in [6.07, 6.45) is 2.57. The Hall–Kier alpha value is -0.353. The van der Waals surface area contributed by atoms with Crippen LogP contribution < -0.4 is 0 Å². The van der Waals surface area contributed by atoms with Crippen molar-refractivity contribution in [2.45, 2.75) is 51.4 Å². The Morgan fingerprint density at radius 2 is 2.00 bits per heavy atom. The van der Waals surface area contributed by atoms with E-state index in [4.69, 9.17) is 4.43 Å². The summed E-state index contributed by atoms with van der Waals surface area (Å²) in [5.41, 5.74) is 0. The molecule has 0 amide bonds. The van der Waals surface area contributed by atoms with E-state index in [2.05, 4.69) is 33.9 Å². The van der Waals surface area contributed by atoms with Crippen molar-refractivity contribution in [3.05, 3.63) is 5.21 Å². The zero-order valence-corrected chi connectivity index (χ0v) is 10.8. The molecule has 1 rings (SSSR count). The van der Waals surface area contributed by atoms with Gasteiger partial charge < -0.3 is 9.63 Å². The molecule has 1 heterocycles. The van der Waals surface area contributed by atoms with E-state index in [-0.39, 0.29) is 11.1 Å². The quantitative estimate of drug-likeness (QED) is 0.403. The Kier molecular flexibility index (Phi) is 3.06. The maximum atomic E-state index is 11.0. The first-order valence-electron chi connectivity index (χ1n) is 5.17. The van der Waals surface area contributed by atoms with Crippen molar-refractivity contribution in [2.24, 2.45) is 0 Å². The van der Waals surface area contributed by atoms with Gasteiger partial charge in [0.05, 0.1) is 6.42 Å². The Bertz CT molecular complexity index is 243. The van der Waals surface area contributed by atoms with Crippen molar-refractivity contribution >= 4 is 14.5 Å². The molecule has 3 nitrogen and oxygen atoms in total. The molecule has 0 unspecified atom stereocenters. The minimum atomic E-state index is -1.69. The largest absolute Gasteiger partial charge is 0.624 e. The molecule has 0 N–H and O–H groups in total. The van der Waals surface area contributed by atoms with E-state index in [1.54, 1.807) is 6.21 Å². The highest BCUT2D eigenvalue weighted by Crippen LogP contribution is 2.37. The van der Waals surface area contributed by atoms with E-state index < -0.39 is 8.32 Å². The molecule has 82 valence electrons. The minimum Gasteiger partial charge on any atom is -0.624 e. The van der Waals surface area contributed by atoms with Gasteiger partial charge in [-0.05, 0) is 18.1 Å². The van der Waals surface area contributed by atoms with Gasteiger partial charge in [-0.2, -0.15) is 0 Å². The average molecular weight is 215 g/mol. The standard InChI is InChI=1S/C10H21NO2Si/c1-10(2,3)14(4,5)13-9-6-7-11(12)8-9/h7,9H,6,8H2,1-5H3/t9-/m0/s1. The van der Waals surface area contributed by atoms with Gasteiger partial charge >= 0.3 is 0 Å².